The van der Waals surface area contributed by atoms with E-state index in [-0.39, 0.29) is 5.75 Å². The molecule has 0 fully saturated rings. The number of halogens is 3. The van der Waals surface area contributed by atoms with Gasteiger partial charge in [-0.05, 0) is 18.2 Å². The van der Waals surface area contributed by atoms with Crippen molar-refractivity contribution in [3.05, 3.63) is 29.3 Å². The van der Waals surface area contributed by atoms with Gasteiger partial charge in [-0.15, -0.1) is 0 Å². The van der Waals surface area contributed by atoms with Crippen LogP contribution in [0.2, 0.25) is 0 Å². The first-order valence-electron chi connectivity index (χ1n) is 6.30. The molecule has 0 atom stereocenters. The number of ether oxygens (including phenoxy) is 3. The van der Waals surface area contributed by atoms with Gasteiger partial charge in [-0.1, -0.05) is 0 Å². The Morgan fingerprint density at radius 3 is 2.52 bits per heavy atom. The molecule has 7 heteroatoms. The number of benzene rings is 1. The van der Waals surface area contributed by atoms with Crippen molar-refractivity contribution in [2.24, 2.45) is 0 Å². The molecule has 0 spiro atoms. The van der Waals surface area contributed by atoms with E-state index in [1.165, 1.54) is 12.1 Å². The SMILES string of the molecule is COCCOCCCOc1ccc(C(F)(F)F)c(C#N)c1. The number of rotatable bonds is 8. The fraction of sp³-hybridized carbons (Fsp3) is 0.500. The lowest BCUT2D eigenvalue weighted by Crippen LogP contribution is -2.09. The van der Waals surface area contributed by atoms with Crippen LogP contribution in [0.25, 0.3) is 0 Å². The van der Waals surface area contributed by atoms with Gasteiger partial charge in [0.15, 0.2) is 0 Å². The summed E-state index contributed by atoms with van der Waals surface area (Å²) in [6.45, 7) is 1.75. The Kier molecular flexibility index (Phi) is 6.99. The van der Waals surface area contributed by atoms with E-state index < -0.39 is 17.3 Å². The second kappa shape index (κ2) is 8.49. The molecule has 116 valence electrons. The Morgan fingerprint density at radius 1 is 1.14 bits per heavy atom. The van der Waals surface area contributed by atoms with Gasteiger partial charge in [-0.3, -0.25) is 0 Å². The Hall–Kier alpha value is -1.78. The molecule has 0 aliphatic carbocycles. The van der Waals surface area contributed by atoms with E-state index in [1.54, 1.807) is 7.11 Å². The predicted molar refractivity (Wildman–Crippen MR) is 69.0 cm³/mol. The van der Waals surface area contributed by atoms with Gasteiger partial charge in [-0.2, -0.15) is 18.4 Å². The molecule has 0 radical (unpaired) electrons. The smallest absolute Gasteiger partial charge is 0.417 e. The van der Waals surface area contributed by atoms with Gasteiger partial charge in [0.05, 0.1) is 37.0 Å². The van der Waals surface area contributed by atoms with E-state index in [0.29, 0.717) is 32.8 Å². The maximum absolute atomic E-state index is 12.6. The minimum Gasteiger partial charge on any atom is -0.493 e. The van der Waals surface area contributed by atoms with E-state index in [9.17, 15) is 13.2 Å². The highest BCUT2D eigenvalue weighted by molar-refractivity contribution is 5.44. The van der Waals surface area contributed by atoms with Crippen LogP contribution in [0.5, 0.6) is 5.75 Å². The van der Waals surface area contributed by atoms with Crippen LogP contribution in [0.3, 0.4) is 0 Å². The molecule has 4 nitrogen and oxygen atoms in total. The molecule has 0 unspecified atom stereocenters. The lowest BCUT2D eigenvalue weighted by molar-refractivity contribution is -0.137. The highest BCUT2D eigenvalue weighted by Gasteiger charge is 2.33. The highest BCUT2D eigenvalue weighted by Crippen LogP contribution is 2.33. The largest absolute Gasteiger partial charge is 0.493 e. The molecular weight excluding hydrogens is 287 g/mol. The molecule has 0 saturated heterocycles. The molecule has 0 heterocycles. The second-order valence-corrected chi connectivity index (χ2v) is 4.12. The van der Waals surface area contributed by atoms with Crippen molar-refractivity contribution >= 4 is 0 Å². The quantitative estimate of drug-likeness (QED) is 0.693. The van der Waals surface area contributed by atoms with Crippen LogP contribution in [0.4, 0.5) is 13.2 Å². The van der Waals surface area contributed by atoms with Gasteiger partial charge in [-0.25, -0.2) is 0 Å². The Labute approximate surface area is 121 Å². The van der Waals surface area contributed by atoms with Crippen LogP contribution in [0.1, 0.15) is 17.5 Å². The monoisotopic (exact) mass is 303 g/mol. The van der Waals surface area contributed by atoms with Gasteiger partial charge >= 0.3 is 6.18 Å². The molecule has 0 bridgehead atoms. The Bertz CT molecular complexity index is 483. The number of nitrogens with zero attached hydrogens (tertiary/aromatic N) is 1. The van der Waals surface area contributed by atoms with Crippen LogP contribution in [-0.4, -0.2) is 33.5 Å². The molecule has 0 aliphatic heterocycles. The average molecular weight is 303 g/mol. The summed E-state index contributed by atoms with van der Waals surface area (Å²) in [4.78, 5) is 0. The van der Waals surface area contributed by atoms with Crippen molar-refractivity contribution in [2.45, 2.75) is 12.6 Å². The van der Waals surface area contributed by atoms with Gasteiger partial charge in [0.2, 0.25) is 0 Å². The van der Waals surface area contributed by atoms with E-state index in [0.717, 1.165) is 12.1 Å². The lowest BCUT2D eigenvalue weighted by Gasteiger charge is -2.11. The maximum Gasteiger partial charge on any atom is 0.417 e. The molecule has 0 aliphatic rings. The molecule has 21 heavy (non-hydrogen) atoms. The Morgan fingerprint density at radius 2 is 1.90 bits per heavy atom. The van der Waals surface area contributed by atoms with Crippen LogP contribution >= 0.6 is 0 Å². The van der Waals surface area contributed by atoms with Crippen LogP contribution in [0.15, 0.2) is 18.2 Å². The number of hydrogen-bond acceptors (Lipinski definition) is 4. The molecule has 0 aromatic heterocycles. The average Bonchev–Trinajstić information content (AvgIpc) is 2.45. The van der Waals surface area contributed by atoms with Crippen LogP contribution < -0.4 is 4.74 Å². The second-order valence-electron chi connectivity index (χ2n) is 4.12. The zero-order valence-corrected chi connectivity index (χ0v) is 11.6. The first-order valence-corrected chi connectivity index (χ1v) is 6.30. The predicted octanol–water partition coefficient (Wildman–Crippen LogP) is 3.01. The molecule has 0 N–H and O–H groups in total. The number of alkyl halides is 3. The third-order valence-electron chi connectivity index (χ3n) is 2.55. The summed E-state index contributed by atoms with van der Waals surface area (Å²) in [5, 5.41) is 8.76. The van der Waals surface area contributed by atoms with E-state index in [2.05, 4.69) is 0 Å². The third-order valence-corrected chi connectivity index (χ3v) is 2.55. The highest BCUT2D eigenvalue weighted by atomic mass is 19.4. The minimum absolute atomic E-state index is 0.233. The maximum atomic E-state index is 12.6. The van der Waals surface area contributed by atoms with E-state index in [4.69, 9.17) is 19.5 Å². The first-order chi connectivity index (χ1) is 9.99. The fourth-order valence-electron chi connectivity index (χ4n) is 1.55. The normalized spacial score (nSPS) is 11.2. The summed E-state index contributed by atoms with van der Waals surface area (Å²) in [7, 11) is 1.57. The van der Waals surface area contributed by atoms with Gasteiger partial charge < -0.3 is 14.2 Å². The van der Waals surface area contributed by atoms with Crippen molar-refractivity contribution in [2.75, 3.05) is 33.5 Å². The van der Waals surface area contributed by atoms with Crippen molar-refractivity contribution in [3.63, 3.8) is 0 Å². The third kappa shape index (κ3) is 6.02. The zero-order chi connectivity index (χ0) is 15.7. The van der Waals surface area contributed by atoms with Crippen molar-refractivity contribution in [3.8, 4) is 11.8 Å². The zero-order valence-electron chi connectivity index (χ0n) is 11.6. The van der Waals surface area contributed by atoms with Crippen LogP contribution in [0, 0.1) is 11.3 Å². The van der Waals surface area contributed by atoms with E-state index >= 15 is 0 Å². The molecular formula is C14H16F3NO3. The summed E-state index contributed by atoms with van der Waals surface area (Å²) in [6, 6.07) is 4.67. The summed E-state index contributed by atoms with van der Waals surface area (Å²) < 4.78 is 53.1. The summed E-state index contributed by atoms with van der Waals surface area (Å²) >= 11 is 0. The van der Waals surface area contributed by atoms with Gasteiger partial charge in [0.1, 0.15) is 5.75 Å². The first kappa shape index (κ1) is 17.3. The number of nitriles is 1. The van der Waals surface area contributed by atoms with Crippen molar-refractivity contribution < 1.29 is 27.4 Å². The summed E-state index contributed by atoms with van der Waals surface area (Å²) in [5.74, 6) is 0.233. The summed E-state index contributed by atoms with van der Waals surface area (Å²) in [5.41, 5.74) is -1.41. The number of hydrogen-bond donors (Lipinski definition) is 0. The fourth-order valence-corrected chi connectivity index (χ4v) is 1.55. The standard InChI is InChI=1S/C14H16F3NO3/c1-19-7-8-20-5-2-6-21-12-3-4-13(14(15,16)17)11(9-12)10-18/h3-4,9H,2,5-8H2,1H3. The minimum atomic E-state index is -4.54. The molecule has 0 amide bonds. The number of methoxy groups -OCH3 is 1. The van der Waals surface area contributed by atoms with Gasteiger partial charge in [0, 0.05) is 20.1 Å². The van der Waals surface area contributed by atoms with Crippen LogP contribution in [-0.2, 0) is 15.7 Å². The van der Waals surface area contributed by atoms with Gasteiger partial charge in [0.25, 0.3) is 0 Å². The van der Waals surface area contributed by atoms with Crippen molar-refractivity contribution in [1.29, 1.82) is 5.26 Å². The molecule has 1 aromatic carbocycles. The van der Waals surface area contributed by atoms with E-state index in [1.807, 2.05) is 0 Å². The topological polar surface area (TPSA) is 51.5 Å². The summed E-state index contributed by atoms with van der Waals surface area (Å²) in [6.07, 6.45) is -3.95. The molecule has 1 rings (SSSR count). The van der Waals surface area contributed by atoms with Crippen molar-refractivity contribution in [1.82, 2.24) is 0 Å². The lowest BCUT2D eigenvalue weighted by atomic mass is 10.1. The Balaban J connectivity index is 2.45. The molecule has 1 aromatic rings. The molecule has 0 saturated carbocycles.